The van der Waals surface area contributed by atoms with Gasteiger partial charge < -0.3 is 9.84 Å². The van der Waals surface area contributed by atoms with Gasteiger partial charge >= 0.3 is 5.97 Å². The Kier molecular flexibility index (Phi) is 5.16. The van der Waals surface area contributed by atoms with Crippen LogP contribution in [0.3, 0.4) is 0 Å². The molecule has 0 aromatic heterocycles. The van der Waals surface area contributed by atoms with Crippen LogP contribution in [0.2, 0.25) is 0 Å². The number of carbonyl (C=O) groups is 1. The summed E-state index contributed by atoms with van der Waals surface area (Å²) in [6.07, 6.45) is 0.495. The molecule has 1 atom stereocenters. The number of carboxylic acid groups (broad SMARTS) is 1. The van der Waals surface area contributed by atoms with Crippen LogP contribution in [0.15, 0.2) is 24.3 Å². The van der Waals surface area contributed by atoms with Crippen molar-refractivity contribution >= 4 is 5.97 Å². The molecule has 0 fully saturated rings. The molecule has 0 bridgehead atoms. The Balaban J connectivity index is 2.82. The van der Waals surface area contributed by atoms with Gasteiger partial charge in [0.05, 0.1) is 6.10 Å². The summed E-state index contributed by atoms with van der Waals surface area (Å²) in [5, 5.41) is 9.12. The van der Waals surface area contributed by atoms with E-state index < -0.39 is 12.1 Å². The summed E-state index contributed by atoms with van der Waals surface area (Å²) < 4.78 is 5.42. The summed E-state index contributed by atoms with van der Waals surface area (Å²) in [4.78, 5) is 11.1. The summed E-state index contributed by atoms with van der Waals surface area (Å²) in [7, 11) is 0. The van der Waals surface area contributed by atoms with Crippen LogP contribution < -0.4 is 0 Å². The number of ether oxygens (including phenoxy) is 1. The Morgan fingerprint density at radius 3 is 2.35 bits per heavy atom. The Bertz CT molecular complexity index is 371. The predicted octanol–water partition coefficient (Wildman–Crippen LogP) is 2.67. The van der Waals surface area contributed by atoms with E-state index in [0.29, 0.717) is 6.42 Å². The second-order valence-corrected chi connectivity index (χ2v) is 4.34. The SMILES string of the molecule is CCc1ccccc1CC(OC(C)C)C(=O)O. The fourth-order valence-electron chi connectivity index (χ4n) is 1.82. The van der Waals surface area contributed by atoms with E-state index in [4.69, 9.17) is 9.84 Å². The average molecular weight is 236 g/mol. The summed E-state index contributed by atoms with van der Waals surface area (Å²) in [5.41, 5.74) is 2.24. The molecule has 0 saturated carbocycles. The molecule has 1 aromatic rings. The van der Waals surface area contributed by atoms with Gasteiger partial charge in [-0.3, -0.25) is 0 Å². The van der Waals surface area contributed by atoms with Crippen LogP contribution in [-0.2, 0) is 22.4 Å². The van der Waals surface area contributed by atoms with Crippen LogP contribution >= 0.6 is 0 Å². The topological polar surface area (TPSA) is 46.5 Å². The van der Waals surface area contributed by atoms with E-state index in [1.165, 1.54) is 5.56 Å². The molecule has 0 spiro atoms. The molecule has 1 unspecified atom stereocenters. The monoisotopic (exact) mass is 236 g/mol. The molecule has 0 amide bonds. The van der Waals surface area contributed by atoms with Gasteiger partial charge in [-0.15, -0.1) is 0 Å². The number of carboxylic acids is 1. The maximum atomic E-state index is 11.1. The normalized spacial score (nSPS) is 12.7. The first-order valence-corrected chi connectivity index (χ1v) is 5.99. The smallest absolute Gasteiger partial charge is 0.333 e. The molecule has 1 aromatic carbocycles. The molecular weight excluding hydrogens is 216 g/mol. The molecule has 1 rings (SSSR count). The van der Waals surface area contributed by atoms with E-state index in [1.54, 1.807) is 0 Å². The zero-order chi connectivity index (χ0) is 12.8. The highest BCUT2D eigenvalue weighted by Crippen LogP contribution is 2.14. The number of benzene rings is 1. The summed E-state index contributed by atoms with van der Waals surface area (Å²) >= 11 is 0. The van der Waals surface area contributed by atoms with Crippen molar-refractivity contribution in [3.8, 4) is 0 Å². The first kappa shape index (κ1) is 13.7. The minimum atomic E-state index is -0.899. The van der Waals surface area contributed by atoms with E-state index in [9.17, 15) is 4.79 Å². The van der Waals surface area contributed by atoms with Crippen LogP contribution in [0.25, 0.3) is 0 Å². The third kappa shape index (κ3) is 4.19. The highest BCUT2D eigenvalue weighted by atomic mass is 16.5. The standard InChI is InChI=1S/C14H20O3/c1-4-11-7-5-6-8-12(11)9-13(14(15)16)17-10(2)3/h5-8,10,13H,4,9H2,1-3H3,(H,15,16). The van der Waals surface area contributed by atoms with Gasteiger partial charge in [0.1, 0.15) is 0 Å². The molecule has 3 heteroatoms. The van der Waals surface area contributed by atoms with Crippen molar-refractivity contribution in [2.75, 3.05) is 0 Å². The summed E-state index contributed by atoms with van der Waals surface area (Å²) in [5.74, 6) is -0.899. The van der Waals surface area contributed by atoms with Gasteiger partial charge in [-0.25, -0.2) is 4.79 Å². The fraction of sp³-hybridized carbons (Fsp3) is 0.500. The van der Waals surface area contributed by atoms with E-state index in [1.807, 2.05) is 38.1 Å². The van der Waals surface area contributed by atoms with Gasteiger partial charge in [0.15, 0.2) is 6.10 Å². The summed E-state index contributed by atoms with van der Waals surface area (Å²) in [6.45, 7) is 5.77. The molecule has 3 nitrogen and oxygen atoms in total. The van der Waals surface area contributed by atoms with Crippen LogP contribution in [-0.4, -0.2) is 23.3 Å². The van der Waals surface area contributed by atoms with Crippen LogP contribution in [0, 0.1) is 0 Å². The van der Waals surface area contributed by atoms with Crippen LogP contribution in [0.5, 0.6) is 0 Å². The number of hydrogen-bond donors (Lipinski definition) is 1. The predicted molar refractivity (Wildman–Crippen MR) is 67.2 cm³/mol. The van der Waals surface area contributed by atoms with E-state index in [2.05, 4.69) is 6.92 Å². The molecule has 0 heterocycles. The Morgan fingerprint density at radius 1 is 1.29 bits per heavy atom. The molecule has 0 aliphatic carbocycles. The minimum Gasteiger partial charge on any atom is -0.479 e. The maximum Gasteiger partial charge on any atom is 0.333 e. The molecule has 94 valence electrons. The Morgan fingerprint density at radius 2 is 1.88 bits per heavy atom. The zero-order valence-corrected chi connectivity index (χ0v) is 10.6. The minimum absolute atomic E-state index is 0.0788. The number of hydrogen-bond acceptors (Lipinski definition) is 2. The first-order valence-electron chi connectivity index (χ1n) is 5.99. The lowest BCUT2D eigenvalue weighted by molar-refractivity contribution is -0.153. The van der Waals surface area contributed by atoms with Crippen molar-refractivity contribution in [2.45, 2.75) is 45.8 Å². The van der Waals surface area contributed by atoms with Crippen molar-refractivity contribution in [3.05, 3.63) is 35.4 Å². The van der Waals surface area contributed by atoms with E-state index in [0.717, 1.165) is 12.0 Å². The van der Waals surface area contributed by atoms with Gasteiger partial charge in [0.25, 0.3) is 0 Å². The van der Waals surface area contributed by atoms with Gasteiger partial charge in [-0.2, -0.15) is 0 Å². The van der Waals surface area contributed by atoms with E-state index in [-0.39, 0.29) is 6.10 Å². The van der Waals surface area contributed by atoms with Gasteiger partial charge in [0.2, 0.25) is 0 Å². The summed E-state index contributed by atoms with van der Waals surface area (Å²) in [6, 6.07) is 7.91. The zero-order valence-electron chi connectivity index (χ0n) is 10.6. The fourth-order valence-corrected chi connectivity index (χ4v) is 1.82. The van der Waals surface area contributed by atoms with Crippen molar-refractivity contribution < 1.29 is 14.6 Å². The van der Waals surface area contributed by atoms with Gasteiger partial charge in [-0.1, -0.05) is 31.2 Å². The van der Waals surface area contributed by atoms with Crippen LogP contribution in [0.4, 0.5) is 0 Å². The van der Waals surface area contributed by atoms with Crippen LogP contribution in [0.1, 0.15) is 31.9 Å². The van der Waals surface area contributed by atoms with Crippen molar-refractivity contribution in [1.29, 1.82) is 0 Å². The number of aryl methyl sites for hydroxylation is 1. The third-order valence-electron chi connectivity index (χ3n) is 2.62. The highest BCUT2D eigenvalue weighted by Gasteiger charge is 2.20. The quantitative estimate of drug-likeness (QED) is 0.826. The lowest BCUT2D eigenvalue weighted by Gasteiger charge is -2.18. The molecule has 0 aliphatic rings. The maximum absolute atomic E-state index is 11.1. The molecule has 0 radical (unpaired) electrons. The van der Waals surface area contributed by atoms with E-state index >= 15 is 0 Å². The average Bonchev–Trinajstić information content (AvgIpc) is 2.28. The van der Waals surface area contributed by atoms with Gasteiger partial charge in [0, 0.05) is 6.42 Å². The van der Waals surface area contributed by atoms with Crippen molar-refractivity contribution in [1.82, 2.24) is 0 Å². The lowest BCUT2D eigenvalue weighted by atomic mass is 10.00. The molecular formula is C14H20O3. The molecule has 17 heavy (non-hydrogen) atoms. The second kappa shape index (κ2) is 6.40. The number of rotatable bonds is 6. The molecule has 0 aliphatic heterocycles. The van der Waals surface area contributed by atoms with Crippen molar-refractivity contribution in [2.24, 2.45) is 0 Å². The Labute approximate surface area is 102 Å². The third-order valence-corrected chi connectivity index (χ3v) is 2.62. The van der Waals surface area contributed by atoms with Gasteiger partial charge in [-0.05, 0) is 31.4 Å². The Hall–Kier alpha value is -1.35. The second-order valence-electron chi connectivity index (χ2n) is 4.34. The lowest BCUT2D eigenvalue weighted by Crippen LogP contribution is -2.29. The number of aliphatic carboxylic acids is 1. The first-order chi connectivity index (χ1) is 8.04. The largest absolute Gasteiger partial charge is 0.479 e. The highest BCUT2D eigenvalue weighted by molar-refractivity contribution is 5.72. The molecule has 0 saturated heterocycles. The van der Waals surface area contributed by atoms with Crippen molar-refractivity contribution in [3.63, 3.8) is 0 Å². The molecule has 1 N–H and O–H groups in total.